The number of amides is 1. The molecule has 0 aliphatic rings. The second kappa shape index (κ2) is 7.08. The lowest BCUT2D eigenvalue weighted by Gasteiger charge is -2.25. The number of carbonyl (C=O) groups excluding carboxylic acids is 1. The van der Waals surface area contributed by atoms with Crippen LogP contribution < -0.4 is 11.3 Å². The molecule has 0 radical (unpaired) electrons. The Balaban J connectivity index is 2.75. The smallest absolute Gasteiger partial charge is 0.283 e. The average Bonchev–Trinajstić information content (AvgIpc) is 2.39. The number of nitrogens with one attached hydrogen (secondary N) is 1. The number of nitrogen functional groups attached to an aromatic ring is 1. The monoisotopic (exact) mass is 250 g/mol. The van der Waals surface area contributed by atoms with Gasteiger partial charge in [-0.3, -0.25) is 15.1 Å². The number of nitrogens with two attached hydrogens (primary N) is 1. The van der Waals surface area contributed by atoms with Gasteiger partial charge >= 0.3 is 0 Å². The minimum Gasteiger partial charge on any atom is -0.298 e. The zero-order chi connectivity index (χ0) is 13.5. The molecule has 0 bridgehead atoms. The van der Waals surface area contributed by atoms with E-state index in [4.69, 9.17) is 5.84 Å². The second-order valence-electron chi connectivity index (χ2n) is 4.37. The van der Waals surface area contributed by atoms with Crippen LogP contribution in [-0.2, 0) is 6.54 Å². The molecule has 0 aliphatic carbocycles. The summed E-state index contributed by atoms with van der Waals surface area (Å²) >= 11 is 0. The quantitative estimate of drug-likeness (QED) is 0.453. The minimum absolute atomic E-state index is 0.355. The van der Waals surface area contributed by atoms with Crippen molar-refractivity contribution in [2.45, 2.75) is 39.3 Å². The van der Waals surface area contributed by atoms with E-state index in [0.717, 1.165) is 25.1 Å². The molecule has 18 heavy (non-hydrogen) atoms. The molecule has 100 valence electrons. The lowest BCUT2D eigenvalue weighted by Crippen LogP contribution is -2.32. The van der Waals surface area contributed by atoms with Gasteiger partial charge in [0.05, 0.1) is 5.69 Å². The Morgan fingerprint density at radius 3 is 2.67 bits per heavy atom. The van der Waals surface area contributed by atoms with Gasteiger partial charge in [0.2, 0.25) is 0 Å². The first kappa shape index (κ1) is 14.6. The summed E-state index contributed by atoms with van der Waals surface area (Å²) < 4.78 is 0. The van der Waals surface area contributed by atoms with Gasteiger partial charge < -0.3 is 0 Å². The van der Waals surface area contributed by atoms with Gasteiger partial charge in [0, 0.05) is 12.6 Å². The summed E-state index contributed by atoms with van der Waals surface area (Å²) in [6.07, 6.45) is 2.21. The molecule has 1 rings (SSSR count). The topological polar surface area (TPSA) is 71.2 Å². The third-order valence-corrected chi connectivity index (χ3v) is 3.15. The van der Waals surface area contributed by atoms with Crippen molar-refractivity contribution >= 4 is 5.91 Å². The first-order chi connectivity index (χ1) is 8.62. The molecular weight excluding hydrogens is 228 g/mol. The molecule has 0 unspecified atom stereocenters. The van der Waals surface area contributed by atoms with E-state index in [1.807, 2.05) is 12.1 Å². The molecular formula is C13H22N4O. The number of aromatic nitrogens is 1. The normalized spacial score (nSPS) is 11.0. The number of hydrazine groups is 1. The molecule has 0 saturated heterocycles. The summed E-state index contributed by atoms with van der Waals surface area (Å²) in [7, 11) is 2.08. The van der Waals surface area contributed by atoms with Gasteiger partial charge in [0.15, 0.2) is 0 Å². The Hall–Kier alpha value is -1.46. The number of hydrogen-bond acceptors (Lipinski definition) is 4. The highest BCUT2D eigenvalue weighted by molar-refractivity contribution is 5.91. The van der Waals surface area contributed by atoms with E-state index in [-0.39, 0.29) is 5.91 Å². The Morgan fingerprint density at radius 1 is 1.44 bits per heavy atom. The van der Waals surface area contributed by atoms with Crippen LogP contribution in [0.3, 0.4) is 0 Å². The van der Waals surface area contributed by atoms with E-state index in [9.17, 15) is 4.79 Å². The number of rotatable bonds is 6. The van der Waals surface area contributed by atoms with Crippen molar-refractivity contribution in [3.05, 3.63) is 29.6 Å². The van der Waals surface area contributed by atoms with Gasteiger partial charge in [-0.05, 0) is 32.0 Å². The van der Waals surface area contributed by atoms with Crippen LogP contribution >= 0.6 is 0 Å². The predicted molar refractivity (Wildman–Crippen MR) is 71.7 cm³/mol. The zero-order valence-electron chi connectivity index (χ0n) is 11.3. The second-order valence-corrected chi connectivity index (χ2v) is 4.37. The lowest BCUT2D eigenvalue weighted by atomic mass is 10.1. The molecule has 0 aromatic carbocycles. The molecule has 0 aliphatic heterocycles. The molecule has 0 saturated carbocycles. The van der Waals surface area contributed by atoms with E-state index in [2.05, 4.69) is 36.2 Å². The average molecular weight is 250 g/mol. The third kappa shape index (κ3) is 3.78. The molecule has 5 nitrogen and oxygen atoms in total. The molecule has 0 spiro atoms. The SMILES string of the molecule is CCC(CC)N(C)Cc1cccc(C(=O)NN)n1. The first-order valence-electron chi connectivity index (χ1n) is 6.29. The molecule has 0 fully saturated rings. The Kier molecular flexibility index (Phi) is 5.74. The summed E-state index contributed by atoms with van der Waals surface area (Å²) in [6.45, 7) is 5.09. The Bertz CT molecular complexity index is 390. The van der Waals surface area contributed by atoms with Crippen LogP contribution in [0.4, 0.5) is 0 Å². The van der Waals surface area contributed by atoms with Crippen molar-refractivity contribution in [1.29, 1.82) is 0 Å². The van der Waals surface area contributed by atoms with Crippen LogP contribution in [-0.4, -0.2) is 28.9 Å². The van der Waals surface area contributed by atoms with E-state index in [0.29, 0.717) is 11.7 Å². The predicted octanol–water partition coefficient (Wildman–Crippen LogP) is 1.31. The number of nitrogens with zero attached hydrogens (tertiary/aromatic N) is 2. The molecule has 5 heteroatoms. The lowest BCUT2D eigenvalue weighted by molar-refractivity contribution is 0.0948. The summed E-state index contributed by atoms with van der Waals surface area (Å²) in [5.41, 5.74) is 3.33. The van der Waals surface area contributed by atoms with Crippen molar-refractivity contribution in [3.63, 3.8) is 0 Å². The van der Waals surface area contributed by atoms with Crippen LogP contribution in [0.25, 0.3) is 0 Å². The van der Waals surface area contributed by atoms with Crippen molar-refractivity contribution in [1.82, 2.24) is 15.3 Å². The first-order valence-corrected chi connectivity index (χ1v) is 6.29. The van der Waals surface area contributed by atoms with Crippen molar-refractivity contribution in [3.8, 4) is 0 Å². The van der Waals surface area contributed by atoms with Crippen LogP contribution in [0.1, 0.15) is 42.9 Å². The van der Waals surface area contributed by atoms with E-state index < -0.39 is 0 Å². The van der Waals surface area contributed by atoms with E-state index in [1.54, 1.807) is 6.07 Å². The Morgan fingerprint density at radius 2 is 2.11 bits per heavy atom. The van der Waals surface area contributed by atoms with Gasteiger partial charge in [-0.1, -0.05) is 19.9 Å². The van der Waals surface area contributed by atoms with E-state index >= 15 is 0 Å². The summed E-state index contributed by atoms with van der Waals surface area (Å²) in [6, 6.07) is 5.95. The highest BCUT2D eigenvalue weighted by Gasteiger charge is 2.12. The summed E-state index contributed by atoms with van der Waals surface area (Å²) in [5.74, 6) is 4.74. The van der Waals surface area contributed by atoms with Gasteiger partial charge in [-0.15, -0.1) is 0 Å². The molecule has 1 aromatic rings. The largest absolute Gasteiger partial charge is 0.298 e. The molecule has 1 aromatic heterocycles. The van der Waals surface area contributed by atoms with Crippen LogP contribution in [0.2, 0.25) is 0 Å². The Labute approximate surface area is 108 Å². The summed E-state index contributed by atoms with van der Waals surface area (Å²) in [5, 5.41) is 0. The fraction of sp³-hybridized carbons (Fsp3) is 0.538. The van der Waals surface area contributed by atoms with Crippen LogP contribution in [0, 0.1) is 0 Å². The minimum atomic E-state index is -0.359. The standard InChI is InChI=1S/C13H22N4O/c1-4-11(5-2)17(3)9-10-7-6-8-12(15-10)13(18)16-14/h6-8,11H,4-5,9,14H2,1-3H3,(H,16,18). The highest BCUT2D eigenvalue weighted by atomic mass is 16.2. The highest BCUT2D eigenvalue weighted by Crippen LogP contribution is 2.10. The fourth-order valence-corrected chi connectivity index (χ4v) is 2.06. The van der Waals surface area contributed by atoms with Gasteiger partial charge in [0.25, 0.3) is 5.91 Å². The van der Waals surface area contributed by atoms with E-state index in [1.165, 1.54) is 0 Å². The van der Waals surface area contributed by atoms with Crippen LogP contribution in [0.5, 0.6) is 0 Å². The summed E-state index contributed by atoms with van der Waals surface area (Å²) in [4.78, 5) is 17.9. The molecule has 1 amide bonds. The van der Waals surface area contributed by atoms with Crippen molar-refractivity contribution < 1.29 is 4.79 Å². The molecule has 1 heterocycles. The third-order valence-electron chi connectivity index (χ3n) is 3.15. The van der Waals surface area contributed by atoms with Crippen LogP contribution in [0.15, 0.2) is 18.2 Å². The zero-order valence-corrected chi connectivity index (χ0v) is 11.3. The maximum absolute atomic E-state index is 11.4. The maximum atomic E-state index is 11.4. The molecule has 3 N–H and O–H groups in total. The maximum Gasteiger partial charge on any atom is 0.283 e. The van der Waals surface area contributed by atoms with Crippen molar-refractivity contribution in [2.75, 3.05) is 7.05 Å². The number of pyridine rings is 1. The van der Waals surface area contributed by atoms with Gasteiger partial charge in [-0.25, -0.2) is 10.8 Å². The number of hydrogen-bond donors (Lipinski definition) is 2. The molecule has 0 atom stereocenters. The van der Waals surface area contributed by atoms with Gasteiger partial charge in [-0.2, -0.15) is 0 Å². The van der Waals surface area contributed by atoms with Gasteiger partial charge in [0.1, 0.15) is 5.69 Å². The fourth-order valence-electron chi connectivity index (χ4n) is 2.06. The van der Waals surface area contributed by atoms with Crippen molar-refractivity contribution in [2.24, 2.45) is 5.84 Å². The number of carbonyl (C=O) groups is 1.